The highest BCUT2D eigenvalue weighted by Gasteiger charge is 2.57. The summed E-state index contributed by atoms with van der Waals surface area (Å²) in [6.45, 7) is 7.74. The van der Waals surface area contributed by atoms with Crippen LogP contribution in [0.3, 0.4) is 0 Å². The molecule has 9 heteroatoms. The standard InChI is InChI=1S/C23H26N8O/c1-12-6-7-14-17(8-12)31(5)30-19(14)16-11-27-21-20(29-16)15(10-26-21)22(32)28-13(2)23(25-4)9-18(23)24-3/h6-8,10-11,13,18,24H,4,9H2,1-3,5H3,(H,26,27)(H,28,32)/t13-,18+,23-/m1/s1. The number of fused-ring (bicyclic) bond motifs is 2. The molecule has 3 N–H and O–H groups in total. The van der Waals surface area contributed by atoms with Gasteiger partial charge in [-0.15, -0.1) is 0 Å². The number of carbonyl (C=O) groups is 1. The van der Waals surface area contributed by atoms with Gasteiger partial charge in [-0.2, -0.15) is 5.10 Å². The van der Waals surface area contributed by atoms with E-state index in [4.69, 9.17) is 4.98 Å². The molecule has 1 fully saturated rings. The maximum Gasteiger partial charge on any atom is 0.255 e. The van der Waals surface area contributed by atoms with Crippen LogP contribution in [0, 0.1) is 6.92 Å². The van der Waals surface area contributed by atoms with Gasteiger partial charge in [-0.3, -0.25) is 14.5 Å². The largest absolute Gasteiger partial charge is 0.347 e. The SMILES string of the molecule is C=N[C@@]1([C@@H](C)NC(=O)c2c[nH]c3ncc(-c4nn(C)c5cc(C)ccc45)nc23)C[C@@H]1NC. The van der Waals surface area contributed by atoms with E-state index in [1.807, 2.05) is 31.8 Å². The zero-order chi connectivity index (χ0) is 22.6. The van der Waals surface area contributed by atoms with Gasteiger partial charge in [0.25, 0.3) is 5.91 Å². The smallest absolute Gasteiger partial charge is 0.255 e. The lowest BCUT2D eigenvalue weighted by Crippen LogP contribution is -2.45. The van der Waals surface area contributed by atoms with E-state index in [9.17, 15) is 4.79 Å². The number of likely N-dealkylation sites (N-methyl/N-ethyl adjacent to an activating group) is 1. The van der Waals surface area contributed by atoms with Gasteiger partial charge in [0, 0.05) is 24.7 Å². The molecule has 1 aromatic carbocycles. The summed E-state index contributed by atoms with van der Waals surface area (Å²) in [7, 11) is 3.80. The Kier molecular flexibility index (Phi) is 4.59. The van der Waals surface area contributed by atoms with E-state index in [0.717, 1.165) is 28.6 Å². The van der Waals surface area contributed by atoms with Crippen LogP contribution in [-0.2, 0) is 7.05 Å². The van der Waals surface area contributed by atoms with Crippen molar-refractivity contribution in [3.05, 3.63) is 41.7 Å². The Morgan fingerprint density at radius 1 is 1.44 bits per heavy atom. The lowest BCUT2D eigenvalue weighted by molar-refractivity contribution is 0.0933. The number of hydrogen-bond acceptors (Lipinski definition) is 6. The number of aliphatic imine (C=N–C) groups is 1. The van der Waals surface area contributed by atoms with Crippen LogP contribution in [0.2, 0.25) is 0 Å². The lowest BCUT2D eigenvalue weighted by Gasteiger charge is -2.22. The second kappa shape index (κ2) is 7.23. The maximum atomic E-state index is 13.1. The van der Waals surface area contributed by atoms with Crippen molar-refractivity contribution in [1.82, 2.24) is 35.4 Å². The third kappa shape index (κ3) is 3.00. The van der Waals surface area contributed by atoms with Gasteiger partial charge < -0.3 is 15.6 Å². The minimum Gasteiger partial charge on any atom is -0.347 e. The normalized spacial score (nSPS) is 21.1. The monoisotopic (exact) mass is 430 g/mol. The number of aromatic nitrogens is 5. The van der Waals surface area contributed by atoms with E-state index in [1.54, 1.807) is 12.4 Å². The van der Waals surface area contributed by atoms with Crippen LogP contribution in [0.5, 0.6) is 0 Å². The van der Waals surface area contributed by atoms with Gasteiger partial charge in [0.15, 0.2) is 5.65 Å². The average Bonchev–Trinajstić information content (AvgIpc) is 3.24. The quantitative estimate of drug-likeness (QED) is 0.407. The number of nitrogens with one attached hydrogen (secondary N) is 3. The van der Waals surface area contributed by atoms with Crippen LogP contribution >= 0.6 is 0 Å². The first kappa shape index (κ1) is 20.3. The second-order valence-electron chi connectivity index (χ2n) is 8.54. The van der Waals surface area contributed by atoms with Crippen molar-refractivity contribution >= 4 is 34.7 Å². The highest BCUT2D eigenvalue weighted by Crippen LogP contribution is 2.42. The molecule has 164 valence electrons. The van der Waals surface area contributed by atoms with Crippen LogP contribution in [0.25, 0.3) is 33.5 Å². The zero-order valence-corrected chi connectivity index (χ0v) is 18.6. The number of H-pyrrole nitrogens is 1. The van der Waals surface area contributed by atoms with Crippen molar-refractivity contribution in [2.75, 3.05) is 7.05 Å². The van der Waals surface area contributed by atoms with Crippen molar-refractivity contribution in [3.8, 4) is 11.4 Å². The van der Waals surface area contributed by atoms with Gasteiger partial charge in [-0.05, 0) is 45.7 Å². The number of amides is 1. The highest BCUT2D eigenvalue weighted by atomic mass is 16.1. The van der Waals surface area contributed by atoms with E-state index in [2.05, 4.69) is 56.5 Å². The van der Waals surface area contributed by atoms with Crippen molar-refractivity contribution in [2.45, 2.75) is 37.9 Å². The number of rotatable bonds is 6. The molecule has 1 amide bonds. The van der Waals surface area contributed by atoms with E-state index in [1.165, 1.54) is 0 Å². The molecule has 0 saturated heterocycles. The predicted octanol–water partition coefficient (Wildman–Crippen LogP) is 2.37. The Labute approximate surface area is 185 Å². The Bertz CT molecular complexity index is 1370. The lowest BCUT2D eigenvalue weighted by atomic mass is 10.1. The van der Waals surface area contributed by atoms with Crippen LogP contribution in [-0.4, -0.2) is 62.0 Å². The van der Waals surface area contributed by atoms with Crippen LogP contribution in [0.4, 0.5) is 0 Å². The van der Waals surface area contributed by atoms with Gasteiger partial charge in [0.1, 0.15) is 16.9 Å². The molecule has 5 rings (SSSR count). The summed E-state index contributed by atoms with van der Waals surface area (Å²) in [6.07, 6.45) is 4.18. The van der Waals surface area contributed by atoms with Crippen LogP contribution < -0.4 is 10.6 Å². The van der Waals surface area contributed by atoms with Gasteiger partial charge in [0.2, 0.25) is 0 Å². The molecule has 0 radical (unpaired) electrons. The topological polar surface area (TPSA) is 113 Å². The van der Waals surface area contributed by atoms with E-state index >= 15 is 0 Å². The third-order valence-electron chi connectivity index (χ3n) is 6.59. The Hall–Kier alpha value is -3.59. The Morgan fingerprint density at radius 3 is 2.97 bits per heavy atom. The molecule has 9 nitrogen and oxygen atoms in total. The summed E-state index contributed by atoms with van der Waals surface area (Å²) in [6, 6.07) is 6.23. The summed E-state index contributed by atoms with van der Waals surface area (Å²) >= 11 is 0. The van der Waals surface area contributed by atoms with Crippen molar-refractivity contribution < 1.29 is 4.79 Å². The summed E-state index contributed by atoms with van der Waals surface area (Å²) in [4.78, 5) is 29.7. The summed E-state index contributed by atoms with van der Waals surface area (Å²) < 4.78 is 1.84. The predicted molar refractivity (Wildman–Crippen MR) is 125 cm³/mol. The zero-order valence-electron chi connectivity index (χ0n) is 18.6. The van der Waals surface area contributed by atoms with Gasteiger partial charge in [-0.25, -0.2) is 9.97 Å². The molecule has 1 aliphatic carbocycles. The molecule has 0 aliphatic heterocycles. The fourth-order valence-corrected chi connectivity index (χ4v) is 4.54. The number of benzene rings is 1. The average molecular weight is 431 g/mol. The molecule has 32 heavy (non-hydrogen) atoms. The summed E-state index contributed by atoms with van der Waals surface area (Å²) in [5.41, 5.74) is 4.68. The number of carbonyl (C=O) groups excluding carboxylic acids is 1. The first-order valence-electron chi connectivity index (χ1n) is 10.6. The first-order chi connectivity index (χ1) is 15.4. The summed E-state index contributed by atoms with van der Waals surface area (Å²) in [5, 5.41) is 11.9. The van der Waals surface area contributed by atoms with Gasteiger partial charge in [0.05, 0.1) is 28.9 Å². The molecule has 3 aromatic heterocycles. The van der Waals surface area contributed by atoms with Crippen LogP contribution in [0.1, 0.15) is 29.3 Å². The fourth-order valence-electron chi connectivity index (χ4n) is 4.54. The number of hydrogen-bond donors (Lipinski definition) is 3. The Morgan fingerprint density at radius 2 is 2.25 bits per heavy atom. The molecule has 1 aliphatic rings. The summed E-state index contributed by atoms with van der Waals surface area (Å²) in [5.74, 6) is -0.221. The van der Waals surface area contributed by atoms with Crippen molar-refractivity contribution in [3.63, 3.8) is 0 Å². The molecular formula is C23H26N8O. The minimum atomic E-state index is -0.377. The van der Waals surface area contributed by atoms with E-state index < -0.39 is 0 Å². The molecule has 1 saturated carbocycles. The first-order valence-corrected chi connectivity index (χ1v) is 10.6. The number of aryl methyl sites for hydroxylation is 2. The third-order valence-corrected chi connectivity index (χ3v) is 6.59. The molecule has 0 bridgehead atoms. The molecular weight excluding hydrogens is 404 g/mol. The van der Waals surface area contributed by atoms with Crippen LogP contribution in [0.15, 0.2) is 35.6 Å². The fraction of sp³-hybridized carbons (Fsp3) is 0.348. The number of aromatic amines is 1. The molecule has 3 heterocycles. The number of nitrogens with zero attached hydrogens (tertiary/aromatic N) is 5. The second-order valence-corrected chi connectivity index (χ2v) is 8.54. The Balaban J connectivity index is 1.50. The van der Waals surface area contributed by atoms with Crippen molar-refractivity contribution in [1.29, 1.82) is 0 Å². The van der Waals surface area contributed by atoms with E-state index in [0.29, 0.717) is 22.4 Å². The molecule has 0 spiro atoms. The van der Waals surface area contributed by atoms with Crippen molar-refractivity contribution in [2.24, 2.45) is 12.0 Å². The highest BCUT2D eigenvalue weighted by molar-refractivity contribution is 6.05. The molecule has 0 unspecified atom stereocenters. The molecule has 4 aromatic rings. The van der Waals surface area contributed by atoms with Gasteiger partial charge >= 0.3 is 0 Å². The molecule has 3 atom stereocenters. The minimum absolute atomic E-state index is 0.172. The maximum absolute atomic E-state index is 13.1. The van der Waals surface area contributed by atoms with Gasteiger partial charge in [-0.1, -0.05) is 12.1 Å². The van der Waals surface area contributed by atoms with E-state index in [-0.39, 0.29) is 23.5 Å².